The summed E-state index contributed by atoms with van der Waals surface area (Å²) in [5, 5.41) is 3.29. The van der Waals surface area contributed by atoms with E-state index in [9.17, 15) is 4.79 Å². The summed E-state index contributed by atoms with van der Waals surface area (Å²) in [4.78, 5) is 28.1. The van der Waals surface area contributed by atoms with Gasteiger partial charge in [-0.05, 0) is 51.7 Å². The van der Waals surface area contributed by atoms with Gasteiger partial charge >= 0.3 is 0 Å². The summed E-state index contributed by atoms with van der Waals surface area (Å²) in [5.41, 5.74) is 1.86. The molecule has 2 unspecified atom stereocenters. The number of nitrogens with zero attached hydrogens (tertiary/aromatic N) is 4. The first-order valence-electron chi connectivity index (χ1n) is 9.44. The Labute approximate surface area is 155 Å². The van der Waals surface area contributed by atoms with Gasteiger partial charge in [0.25, 0.3) is 0 Å². The van der Waals surface area contributed by atoms with Gasteiger partial charge in [0, 0.05) is 42.3 Å². The summed E-state index contributed by atoms with van der Waals surface area (Å²) >= 11 is 0. The molecule has 0 aromatic carbocycles. The smallest absolute Gasteiger partial charge is 0.245 e. The average molecular weight is 353 g/mol. The maximum atomic E-state index is 12.8. The van der Waals surface area contributed by atoms with E-state index in [1.807, 2.05) is 30.0 Å². The van der Waals surface area contributed by atoms with Crippen LogP contribution in [0, 0.1) is 0 Å². The molecule has 2 aromatic heterocycles. The van der Waals surface area contributed by atoms with Gasteiger partial charge in [-0.3, -0.25) is 9.78 Å². The Morgan fingerprint density at radius 1 is 1.31 bits per heavy atom. The van der Waals surface area contributed by atoms with E-state index in [1.54, 1.807) is 12.4 Å². The molecule has 0 bridgehead atoms. The van der Waals surface area contributed by atoms with Crippen molar-refractivity contribution in [3.8, 4) is 11.4 Å². The molecule has 1 saturated heterocycles. The second kappa shape index (κ2) is 8.25. The molecule has 6 nitrogen and oxygen atoms in total. The minimum Gasteiger partial charge on any atom is -0.358 e. The lowest BCUT2D eigenvalue weighted by molar-refractivity contribution is -0.134. The summed E-state index contributed by atoms with van der Waals surface area (Å²) in [6.45, 7) is 6.94. The Balaban J connectivity index is 1.79. The Kier molecular flexibility index (Phi) is 5.81. The molecule has 0 radical (unpaired) electrons. The second-order valence-corrected chi connectivity index (χ2v) is 6.90. The van der Waals surface area contributed by atoms with Crippen LogP contribution in [-0.4, -0.2) is 44.4 Å². The normalized spacial score (nSPS) is 18.4. The van der Waals surface area contributed by atoms with Gasteiger partial charge in [-0.25, -0.2) is 9.97 Å². The molecular formula is C20H27N5O. The van der Waals surface area contributed by atoms with Crippen LogP contribution in [0.4, 0.5) is 5.82 Å². The summed E-state index contributed by atoms with van der Waals surface area (Å²) in [6.07, 6.45) is 7.64. The number of pyridine rings is 1. The number of anilines is 1. The maximum absolute atomic E-state index is 12.8. The number of hydrogen-bond acceptors (Lipinski definition) is 5. The van der Waals surface area contributed by atoms with Crippen molar-refractivity contribution in [2.45, 2.75) is 58.5 Å². The molecule has 2 atom stereocenters. The number of amides is 1. The number of aryl methyl sites for hydroxylation is 1. The third-order valence-corrected chi connectivity index (χ3v) is 4.90. The van der Waals surface area contributed by atoms with Crippen molar-refractivity contribution in [2.75, 3.05) is 11.9 Å². The largest absolute Gasteiger partial charge is 0.358 e. The number of carbonyl (C=O) groups excluding carboxylic acids is 1. The lowest BCUT2D eigenvalue weighted by Gasteiger charge is -2.35. The molecule has 2 aromatic rings. The number of hydrogen-bond donors (Lipinski definition) is 1. The van der Waals surface area contributed by atoms with Crippen molar-refractivity contribution in [1.82, 2.24) is 19.9 Å². The SMILES string of the molecule is CCc1cc(NC(C)C(=O)N2CCCCC2C)nc(-c2ccncc2)n1. The van der Waals surface area contributed by atoms with Crippen LogP contribution in [0.5, 0.6) is 0 Å². The summed E-state index contributed by atoms with van der Waals surface area (Å²) in [7, 11) is 0. The first kappa shape index (κ1) is 18.3. The molecule has 1 amide bonds. The molecular weight excluding hydrogens is 326 g/mol. The van der Waals surface area contributed by atoms with E-state index in [0.29, 0.717) is 17.7 Å². The lowest BCUT2D eigenvalue weighted by atomic mass is 10.0. The van der Waals surface area contributed by atoms with Crippen LogP contribution in [0.3, 0.4) is 0 Å². The Morgan fingerprint density at radius 2 is 2.08 bits per heavy atom. The zero-order chi connectivity index (χ0) is 18.5. The van der Waals surface area contributed by atoms with Crippen LogP contribution in [0.15, 0.2) is 30.6 Å². The highest BCUT2D eigenvalue weighted by molar-refractivity contribution is 5.84. The molecule has 1 fully saturated rings. The maximum Gasteiger partial charge on any atom is 0.245 e. The molecule has 1 aliphatic heterocycles. The molecule has 0 aliphatic carbocycles. The quantitative estimate of drug-likeness (QED) is 0.893. The third kappa shape index (κ3) is 4.18. The number of likely N-dealkylation sites (tertiary alicyclic amines) is 1. The van der Waals surface area contributed by atoms with Crippen molar-refractivity contribution in [3.05, 3.63) is 36.3 Å². The number of rotatable bonds is 5. The predicted octanol–water partition coefficient (Wildman–Crippen LogP) is 3.30. The van der Waals surface area contributed by atoms with Crippen LogP contribution in [0.25, 0.3) is 11.4 Å². The zero-order valence-corrected chi connectivity index (χ0v) is 15.8. The fourth-order valence-electron chi connectivity index (χ4n) is 3.34. The summed E-state index contributed by atoms with van der Waals surface area (Å²) < 4.78 is 0. The van der Waals surface area contributed by atoms with Crippen LogP contribution in [-0.2, 0) is 11.2 Å². The van der Waals surface area contributed by atoms with E-state index in [2.05, 4.69) is 34.1 Å². The van der Waals surface area contributed by atoms with Crippen LogP contribution < -0.4 is 5.32 Å². The number of piperidine rings is 1. The molecule has 1 N–H and O–H groups in total. The fraction of sp³-hybridized carbons (Fsp3) is 0.500. The highest BCUT2D eigenvalue weighted by Crippen LogP contribution is 2.20. The monoisotopic (exact) mass is 353 g/mol. The standard InChI is InChI=1S/C20H27N5O/c1-4-17-13-18(24-19(23-17)16-8-10-21-11-9-16)22-15(3)20(26)25-12-6-5-7-14(25)2/h8-11,13-15H,4-7,12H2,1-3H3,(H,22,23,24). The molecule has 138 valence electrons. The minimum atomic E-state index is -0.319. The van der Waals surface area contributed by atoms with Gasteiger partial charge in [0.1, 0.15) is 11.9 Å². The fourth-order valence-corrected chi connectivity index (χ4v) is 3.34. The van der Waals surface area contributed by atoms with E-state index >= 15 is 0 Å². The van der Waals surface area contributed by atoms with Gasteiger partial charge in [0.2, 0.25) is 5.91 Å². The average Bonchev–Trinajstić information content (AvgIpc) is 2.68. The molecule has 3 rings (SSSR count). The number of nitrogens with one attached hydrogen (secondary N) is 1. The molecule has 0 spiro atoms. The van der Waals surface area contributed by atoms with Crippen molar-refractivity contribution >= 4 is 11.7 Å². The molecule has 0 saturated carbocycles. The van der Waals surface area contributed by atoms with Gasteiger partial charge in [0.15, 0.2) is 5.82 Å². The molecule has 26 heavy (non-hydrogen) atoms. The van der Waals surface area contributed by atoms with Gasteiger partial charge in [-0.15, -0.1) is 0 Å². The van der Waals surface area contributed by atoms with Crippen molar-refractivity contribution in [2.24, 2.45) is 0 Å². The van der Waals surface area contributed by atoms with E-state index in [4.69, 9.17) is 0 Å². The first-order chi connectivity index (χ1) is 12.6. The summed E-state index contributed by atoms with van der Waals surface area (Å²) in [6, 6.07) is 5.70. The van der Waals surface area contributed by atoms with E-state index in [1.165, 1.54) is 6.42 Å². The minimum absolute atomic E-state index is 0.138. The molecule has 1 aliphatic rings. The van der Waals surface area contributed by atoms with Gasteiger partial charge < -0.3 is 10.2 Å². The first-order valence-corrected chi connectivity index (χ1v) is 9.44. The van der Waals surface area contributed by atoms with Crippen LogP contribution >= 0.6 is 0 Å². The predicted molar refractivity (Wildman–Crippen MR) is 103 cm³/mol. The van der Waals surface area contributed by atoms with Crippen LogP contribution in [0.2, 0.25) is 0 Å². The lowest BCUT2D eigenvalue weighted by Crippen LogP contribution is -2.48. The molecule has 3 heterocycles. The highest BCUT2D eigenvalue weighted by Gasteiger charge is 2.27. The Hall–Kier alpha value is -2.50. The highest BCUT2D eigenvalue weighted by atomic mass is 16.2. The van der Waals surface area contributed by atoms with Crippen LogP contribution in [0.1, 0.15) is 45.7 Å². The van der Waals surface area contributed by atoms with Crippen molar-refractivity contribution < 1.29 is 4.79 Å². The van der Waals surface area contributed by atoms with E-state index < -0.39 is 0 Å². The second-order valence-electron chi connectivity index (χ2n) is 6.90. The number of aromatic nitrogens is 3. The third-order valence-electron chi connectivity index (χ3n) is 4.90. The van der Waals surface area contributed by atoms with Crippen molar-refractivity contribution in [1.29, 1.82) is 0 Å². The van der Waals surface area contributed by atoms with E-state index in [-0.39, 0.29) is 11.9 Å². The number of carbonyl (C=O) groups is 1. The molecule has 6 heteroatoms. The van der Waals surface area contributed by atoms with E-state index in [0.717, 1.165) is 37.1 Å². The topological polar surface area (TPSA) is 71.0 Å². The van der Waals surface area contributed by atoms with Gasteiger partial charge in [-0.2, -0.15) is 0 Å². The van der Waals surface area contributed by atoms with Gasteiger partial charge in [0.05, 0.1) is 0 Å². The zero-order valence-electron chi connectivity index (χ0n) is 15.8. The Morgan fingerprint density at radius 3 is 2.77 bits per heavy atom. The van der Waals surface area contributed by atoms with Crippen molar-refractivity contribution in [3.63, 3.8) is 0 Å². The van der Waals surface area contributed by atoms with Gasteiger partial charge in [-0.1, -0.05) is 6.92 Å². The summed E-state index contributed by atoms with van der Waals surface area (Å²) in [5.74, 6) is 1.48. The Bertz CT molecular complexity index is 749.